The van der Waals surface area contributed by atoms with E-state index in [1.54, 1.807) is 0 Å². The van der Waals surface area contributed by atoms with Gasteiger partial charge in [0.15, 0.2) is 11.6 Å². The minimum absolute atomic E-state index is 0.0873. The second-order valence-electron chi connectivity index (χ2n) is 7.25. The first kappa shape index (κ1) is 19.9. The van der Waals surface area contributed by atoms with Gasteiger partial charge in [0.1, 0.15) is 5.75 Å². The summed E-state index contributed by atoms with van der Waals surface area (Å²) in [6, 6.07) is 10.8. The number of halogens is 1. The number of phenols is 2. The third kappa shape index (κ3) is 4.36. The fourth-order valence-corrected chi connectivity index (χ4v) is 3.87. The van der Waals surface area contributed by atoms with E-state index < -0.39 is 17.7 Å². The number of hydrogen-bond donors (Lipinski definition) is 4. The molecule has 150 valence electrons. The van der Waals surface area contributed by atoms with Crippen molar-refractivity contribution in [2.24, 2.45) is 5.73 Å². The van der Waals surface area contributed by atoms with Gasteiger partial charge in [0, 0.05) is 30.8 Å². The molecular weight excluding hydrogens is 363 g/mol. The number of fused-ring (bicyclic) bond motifs is 1. The molecule has 7 heteroatoms. The zero-order chi connectivity index (χ0) is 20.3. The van der Waals surface area contributed by atoms with Crippen LogP contribution in [0.4, 0.5) is 9.18 Å². The van der Waals surface area contributed by atoms with Crippen LogP contribution in [0.25, 0.3) is 0 Å². The first-order valence-corrected chi connectivity index (χ1v) is 9.39. The average Bonchev–Trinajstić information content (AvgIpc) is 3.07. The number of carboxylic acid groups (broad SMARTS) is 1. The van der Waals surface area contributed by atoms with Crippen LogP contribution in [-0.2, 0) is 6.42 Å². The van der Waals surface area contributed by atoms with Crippen LogP contribution in [0.3, 0.4) is 0 Å². The highest BCUT2D eigenvalue weighted by atomic mass is 19.1. The predicted molar refractivity (Wildman–Crippen MR) is 103 cm³/mol. The number of nitrogens with zero attached hydrogens (tertiary/aromatic N) is 1. The second-order valence-corrected chi connectivity index (χ2v) is 7.25. The molecule has 1 aliphatic carbocycles. The lowest BCUT2D eigenvalue weighted by molar-refractivity contribution is 0.132. The van der Waals surface area contributed by atoms with Crippen molar-refractivity contribution in [2.45, 2.75) is 37.6 Å². The molecule has 1 fully saturated rings. The van der Waals surface area contributed by atoms with Gasteiger partial charge >= 0.3 is 6.09 Å². The largest absolute Gasteiger partial charge is 0.508 e. The molecule has 1 atom stereocenters. The number of likely N-dealkylation sites (tertiary alicyclic amines) is 1. The highest BCUT2D eigenvalue weighted by molar-refractivity contribution is 5.65. The Morgan fingerprint density at radius 2 is 1.71 bits per heavy atom. The molecule has 2 aromatic rings. The molecule has 0 radical (unpaired) electrons. The van der Waals surface area contributed by atoms with Crippen LogP contribution >= 0.6 is 0 Å². The molecule has 0 spiro atoms. The van der Waals surface area contributed by atoms with Gasteiger partial charge in [-0.25, -0.2) is 9.18 Å². The molecule has 1 heterocycles. The molecule has 2 aliphatic rings. The average molecular weight is 388 g/mol. The van der Waals surface area contributed by atoms with E-state index in [0.717, 1.165) is 25.0 Å². The normalized spacial score (nSPS) is 18.9. The Balaban J connectivity index is 0.000000188. The predicted octanol–water partition coefficient (Wildman–Crippen LogP) is 3.73. The summed E-state index contributed by atoms with van der Waals surface area (Å²) in [6.45, 7) is 0.726. The summed E-state index contributed by atoms with van der Waals surface area (Å²) in [5, 5.41) is 27.6. The summed E-state index contributed by atoms with van der Waals surface area (Å²) in [6.07, 6.45) is 2.39. The van der Waals surface area contributed by atoms with Crippen LogP contribution in [0.2, 0.25) is 0 Å². The number of hydrogen-bond acceptors (Lipinski definition) is 4. The highest BCUT2D eigenvalue weighted by Gasteiger charge is 2.26. The number of phenolic OH excluding ortho intramolecular Hbond substituents is 2. The van der Waals surface area contributed by atoms with Crippen LogP contribution in [0.1, 0.15) is 47.9 Å². The fraction of sp³-hybridized carbons (Fsp3) is 0.381. The Bertz CT molecular complexity index is 850. The maximum Gasteiger partial charge on any atom is 0.407 e. The van der Waals surface area contributed by atoms with E-state index in [0.29, 0.717) is 37.5 Å². The van der Waals surface area contributed by atoms with Gasteiger partial charge in [0.2, 0.25) is 0 Å². The Morgan fingerprint density at radius 3 is 2.36 bits per heavy atom. The van der Waals surface area contributed by atoms with Gasteiger partial charge in [0.25, 0.3) is 0 Å². The zero-order valence-corrected chi connectivity index (χ0v) is 15.5. The van der Waals surface area contributed by atoms with Crippen molar-refractivity contribution in [3.05, 3.63) is 58.9 Å². The summed E-state index contributed by atoms with van der Waals surface area (Å²) in [5.74, 6) is -1.60. The molecule has 4 rings (SSSR count). The Kier molecular flexibility index (Phi) is 6.04. The SMILES string of the molecule is N[C@H]1CCc2ccccc21.O=C(O)N1CCC(c2cc(F)c(O)cc2O)CC1. The Labute approximate surface area is 163 Å². The van der Waals surface area contributed by atoms with E-state index in [2.05, 4.69) is 24.3 Å². The molecule has 5 N–H and O–H groups in total. The minimum atomic E-state index is -0.963. The topological polar surface area (TPSA) is 107 Å². The molecule has 0 saturated carbocycles. The number of rotatable bonds is 1. The van der Waals surface area contributed by atoms with Gasteiger partial charge in [-0.2, -0.15) is 0 Å². The molecule has 28 heavy (non-hydrogen) atoms. The van der Waals surface area contributed by atoms with E-state index in [9.17, 15) is 14.3 Å². The van der Waals surface area contributed by atoms with Crippen LogP contribution in [0.15, 0.2) is 36.4 Å². The van der Waals surface area contributed by atoms with Crippen molar-refractivity contribution in [2.75, 3.05) is 13.1 Å². The van der Waals surface area contributed by atoms with Crippen molar-refractivity contribution >= 4 is 6.09 Å². The quantitative estimate of drug-likeness (QED) is 0.596. The van der Waals surface area contributed by atoms with Gasteiger partial charge in [-0.05, 0) is 48.8 Å². The first-order valence-electron chi connectivity index (χ1n) is 9.39. The van der Waals surface area contributed by atoms with Crippen LogP contribution in [0.5, 0.6) is 11.5 Å². The fourth-order valence-electron chi connectivity index (χ4n) is 3.87. The van der Waals surface area contributed by atoms with Crippen molar-refractivity contribution in [3.63, 3.8) is 0 Å². The van der Waals surface area contributed by atoms with E-state index in [1.807, 2.05) is 0 Å². The van der Waals surface area contributed by atoms with Crippen molar-refractivity contribution < 1.29 is 24.5 Å². The lowest BCUT2D eigenvalue weighted by atomic mass is 9.89. The van der Waals surface area contributed by atoms with E-state index in [4.69, 9.17) is 15.9 Å². The number of aromatic hydroxyl groups is 2. The summed E-state index contributed by atoms with van der Waals surface area (Å²) in [4.78, 5) is 12.0. The van der Waals surface area contributed by atoms with Crippen LogP contribution < -0.4 is 5.73 Å². The second kappa shape index (κ2) is 8.48. The Morgan fingerprint density at radius 1 is 1.04 bits per heavy atom. The van der Waals surface area contributed by atoms with E-state index >= 15 is 0 Å². The number of piperidine rings is 1. The summed E-state index contributed by atoms with van der Waals surface area (Å²) >= 11 is 0. The third-order valence-electron chi connectivity index (χ3n) is 5.48. The summed E-state index contributed by atoms with van der Waals surface area (Å²) in [5.41, 5.74) is 9.06. The summed E-state index contributed by atoms with van der Waals surface area (Å²) in [7, 11) is 0. The van der Waals surface area contributed by atoms with E-state index in [1.165, 1.54) is 16.0 Å². The zero-order valence-electron chi connectivity index (χ0n) is 15.5. The van der Waals surface area contributed by atoms with Gasteiger partial charge in [-0.1, -0.05) is 24.3 Å². The monoisotopic (exact) mass is 388 g/mol. The molecule has 6 nitrogen and oxygen atoms in total. The smallest absolute Gasteiger partial charge is 0.407 e. The molecule has 1 amide bonds. The molecule has 0 aromatic heterocycles. The number of benzene rings is 2. The molecule has 1 saturated heterocycles. The standard InChI is InChI=1S/C12H14FNO4.C9H11N/c13-9-5-8(10(15)6-11(9)16)7-1-3-14(4-2-7)12(17)18;10-9-6-5-7-3-1-2-4-8(7)9/h5-7,15-16H,1-4H2,(H,17,18);1-4,9H,5-6,10H2/t;9-/m.0/s1. The molecule has 2 aromatic carbocycles. The van der Waals surface area contributed by atoms with Crippen LogP contribution in [0, 0.1) is 5.82 Å². The molecule has 0 unspecified atom stereocenters. The number of nitrogens with two attached hydrogens (primary N) is 1. The van der Waals surface area contributed by atoms with Crippen molar-refractivity contribution in [1.82, 2.24) is 4.90 Å². The van der Waals surface area contributed by atoms with Gasteiger partial charge in [-0.15, -0.1) is 0 Å². The Hall–Kier alpha value is -2.80. The van der Waals surface area contributed by atoms with Crippen LogP contribution in [-0.4, -0.2) is 39.4 Å². The maximum atomic E-state index is 13.3. The minimum Gasteiger partial charge on any atom is -0.508 e. The summed E-state index contributed by atoms with van der Waals surface area (Å²) < 4.78 is 13.3. The highest BCUT2D eigenvalue weighted by Crippen LogP contribution is 2.36. The lowest BCUT2D eigenvalue weighted by Gasteiger charge is -2.30. The number of amides is 1. The van der Waals surface area contributed by atoms with Crippen molar-refractivity contribution in [1.29, 1.82) is 0 Å². The molecular formula is C21H25FN2O4. The molecule has 1 aliphatic heterocycles. The lowest BCUT2D eigenvalue weighted by Crippen LogP contribution is -2.36. The third-order valence-corrected chi connectivity index (χ3v) is 5.48. The first-order chi connectivity index (χ1) is 13.4. The number of carbonyl (C=O) groups is 1. The van der Waals surface area contributed by atoms with Gasteiger partial charge < -0.3 is 26.0 Å². The van der Waals surface area contributed by atoms with Crippen molar-refractivity contribution in [3.8, 4) is 11.5 Å². The van der Waals surface area contributed by atoms with E-state index in [-0.39, 0.29) is 11.7 Å². The van der Waals surface area contributed by atoms with Gasteiger partial charge in [-0.3, -0.25) is 0 Å². The number of aryl methyl sites for hydroxylation is 1. The molecule has 0 bridgehead atoms. The van der Waals surface area contributed by atoms with Gasteiger partial charge in [0.05, 0.1) is 0 Å². The maximum absolute atomic E-state index is 13.3.